The monoisotopic (exact) mass is 209 g/mol. The highest BCUT2D eigenvalue weighted by molar-refractivity contribution is 5.72. The third-order valence-corrected chi connectivity index (χ3v) is 2.22. The maximum absolute atomic E-state index is 11.0. The van der Waals surface area contributed by atoms with E-state index in [0.717, 1.165) is 5.57 Å². The molecule has 1 N–H and O–H groups in total. The zero-order valence-corrected chi connectivity index (χ0v) is 9.67. The molecule has 1 heterocycles. The van der Waals surface area contributed by atoms with Crippen molar-refractivity contribution in [3.8, 4) is 0 Å². The minimum atomic E-state index is -0.493. The van der Waals surface area contributed by atoms with Crippen LogP contribution in [0.25, 0.3) is 0 Å². The van der Waals surface area contributed by atoms with Gasteiger partial charge in [-0.2, -0.15) is 0 Å². The van der Waals surface area contributed by atoms with Gasteiger partial charge in [-0.05, 0) is 26.3 Å². The fourth-order valence-electron chi connectivity index (χ4n) is 1.51. The lowest BCUT2D eigenvalue weighted by Crippen LogP contribution is -2.39. The van der Waals surface area contributed by atoms with Crippen LogP contribution in [0.3, 0.4) is 0 Å². The molecule has 1 amide bonds. The van der Waals surface area contributed by atoms with Crippen LogP contribution in [0, 0.1) is 0 Å². The number of ether oxygens (including phenoxy) is 1. The molecule has 1 aliphatic heterocycles. The molecule has 1 saturated heterocycles. The van der Waals surface area contributed by atoms with Gasteiger partial charge in [0.25, 0.3) is 0 Å². The van der Waals surface area contributed by atoms with Crippen molar-refractivity contribution in [1.29, 1.82) is 0 Å². The third kappa shape index (κ3) is 2.98. The van der Waals surface area contributed by atoms with Crippen LogP contribution in [0.5, 0.6) is 0 Å². The largest absolute Gasteiger partial charge is 0.441 e. The van der Waals surface area contributed by atoms with Crippen LogP contribution in [-0.2, 0) is 4.74 Å². The fourth-order valence-corrected chi connectivity index (χ4v) is 1.51. The van der Waals surface area contributed by atoms with Crippen LogP contribution in [0.4, 0.5) is 4.79 Å². The van der Waals surface area contributed by atoms with Gasteiger partial charge in [0.1, 0.15) is 5.60 Å². The first-order chi connectivity index (χ1) is 7.01. The number of nitrogens with one attached hydrogen (secondary N) is 1. The number of allylic oxidation sites excluding steroid dienone is 1. The smallest absolute Gasteiger partial charge is 0.408 e. The molecule has 0 unspecified atom stereocenters. The van der Waals surface area contributed by atoms with E-state index >= 15 is 0 Å². The van der Waals surface area contributed by atoms with Crippen LogP contribution >= 0.6 is 0 Å². The topological polar surface area (TPSA) is 38.3 Å². The molecule has 0 aromatic carbocycles. The van der Waals surface area contributed by atoms with E-state index < -0.39 is 5.60 Å². The Morgan fingerprint density at radius 3 is 2.33 bits per heavy atom. The molecule has 3 heteroatoms. The number of amides is 1. The second kappa shape index (κ2) is 5.39. The Labute approximate surface area is 91.5 Å². The molecule has 84 valence electrons. The molecule has 1 rings (SSSR count). The Bertz CT molecular complexity index is 279. The van der Waals surface area contributed by atoms with Gasteiger partial charge in [-0.3, -0.25) is 0 Å². The van der Waals surface area contributed by atoms with Gasteiger partial charge >= 0.3 is 6.09 Å². The van der Waals surface area contributed by atoms with Crippen LogP contribution in [0.15, 0.2) is 37.5 Å². The molecular weight excluding hydrogens is 190 g/mol. The second-order valence-corrected chi connectivity index (χ2v) is 3.56. The van der Waals surface area contributed by atoms with Gasteiger partial charge in [-0.15, -0.1) is 13.2 Å². The highest BCUT2D eigenvalue weighted by atomic mass is 16.6. The molecule has 0 aromatic rings. The van der Waals surface area contributed by atoms with Crippen molar-refractivity contribution in [1.82, 2.24) is 5.32 Å². The number of carbonyl (C=O) groups is 1. The molecule has 0 aliphatic carbocycles. The Balaban J connectivity index is 0.000000921. The van der Waals surface area contributed by atoms with Gasteiger partial charge in [-0.1, -0.05) is 18.7 Å². The molecule has 0 spiro atoms. The molecule has 0 bridgehead atoms. The average Bonchev–Trinajstić information content (AvgIpc) is 2.46. The molecule has 3 nitrogen and oxygen atoms in total. The maximum Gasteiger partial charge on any atom is 0.408 e. The summed E-state index contributed by atoms with van der Waals surface area (Å²) in [6, 6.07) is -0.0949. The summed E-state index contributed by atoms with van der Waals surface area (Å²) in [6.45, 7) is 15.4. The van der Waals surface area contributed by atoms with E-state index in [2.05, 4.69) is 25.1 Å². The number of carbonyl (C=O) groups excluding carboxylic acids is 1. The van der Waals surface area contributed by atoms with Crippen molar-refractivity contribution in [2.75, 3.05) is 0 Å². The Morgan fingerprint density at radius 1 is 1.53 bits per heavy atom. The summed E-state index contributed by atoms with van der Waals surface area (Å²) in [7, 11) is 0. The van der Waals surface area contributed by atoms with Crippen molar-refractivity contribution >= 4 is 6.09 Å². The molecule has 1 atom stereocenters. The summed E-state index contributed by atoms with van der Waals surface area (Å²) in [6.07, 6.45) is 3.30. The lowest BCUT2D eigenvalue weighted by atomic mass is 9.92. The summed E-state index contributed by atoms with van der Waals surface area (Å²) in [5, 5.41) is 2.75. The van der Waals surface area contributed by atoms with Gasteiger partial charge in [-0.25, -0.2) is 4.79 Å². The first-order valence-corrected chi connectivity index (χ1v) is 4.79. The molecule has 0 saturated carbocycles. The van der Waals surface area contributed by atoms with Gasteiger partial charge in [0.05, 0.1) is 6.04 Å². The third-order valence-electron chi connectivity index (χ3n) is 2.22. The van der Waals surface area contributed by atoms with Gasteiger partial charge < -0.3 is 10.1 Å². The zero-order chi connectivity index (χ0) is 12.1. The number of cyclic esters (lactones) is 1. The minimum Gasteiger partial charge on any atom is -0.441 e. The van der Waals surface area contributed by atoms with Gasteiger partial charge in [0, 0.05) is 0 Å². The molecule has 0 radical (unpaired) electrons. The van der Waals surface area contributed by atoms with E-state index in [-0.39, 0.29) is 12.1 Å². The van der Waals surface area contributed by atoms with Crippen LogP contribution in [-0.4, -0.2) is 17.7 Å². The molecule has 1 aliphatic rings. The van der Waals surface area contributed by atoms with E-state index in [1.54, 1.807) is 6.08 Å². The highest BCUT2D eigenvalue weighted by Crippen LogP contribution is 2.26. The van der Waals surface area contributed by atoms with Crippen molar-refractivity contribution < 1.29 is 9.53 Å². The van der Waals surface area contributed by atoms with Crippen LogP contribution < -0.4 is 5.32 Å². The fraction of sp³-hybridized carbons (Fsp3) is 0.417. The number of hydrogen-bond donors (Lipinski definition) is 1. The van der Waals surface area contributed by atoms with Crippen molar-refractivity contribution in [2.45, 2.75) is 32.4 Å². The summed E-state index contributed by atoms with van der Waals surface area (Å²) in [5.41, 5.74) is 0.489. The van der Waals surface area contributed by atoms with Crippen LogP contribution in [0.2, 0.25) is 0 Å². The summed E-state index contributed by atoms with van der Waals surface area (Å²) in [5.74, 6) is 0. The molecule has 0 aromatic heterocycles. The summed E-state index contributed by atoms with van der Waals surface area (Å²) >= 11 is 0. The average molecular weight is 209 g/mol. The SMILES string of the molecule is C=C.C=C/C(=C\C)[C@@H]1NC(=O)OC1(C)C. The van der Waals surface area contributed by atoms with Crippen molar-refractivity contribution in [3.05, 3.63) is 37.5 Å². The Kier molecular flexibility index (Phi) is 4.85. The van der Waals surface area contributed by atoms with Gasteiger partial charge in [0.15, 0.2) is 0 Å². The Morgan fingerprint density at radius 2 is 2.07 bits per heavy atom. The predicted octanol–water partition coefficient (Wildman–Crippen LogP) is 2.81. The Hall–Kier alpha value is -1.51. The molecule has 15 heavy (non-hydrogen) atoms. The number of hydrogen-bond acceptors (Lipinski definition) is 2. The normalized spacial score (nSPS) is 23.3. The zero-order valence-electron chi connectivity index (χ0n) is 9.67. The summed E-state index contributed by atoms with van der Waals surface area (Å²) in [4.78, 5) is 11.0. The summed E-state index contributed by atoms with van der Waals surface area (Å²) < 4.78 is 5.11. The highest BCUT2D eigenvalue weighted by Gasteiger charge is 2.42. The lowest BCUT2D eigenvalue weighted by molar-refractivity contribution is 0.0752. The first-order valence-electron chi connectivity index (χ1n) is 4.79. The first kappa shape index (κ1) is 13.5. The standard InChI is InChI=1S/C10H15NO2.C2H4/c1-5-7(6-2)8-10(3,4)13-9(12)11-8;1-2/h5-6,8H,1H2,2-4H3,(H,11,12);1-2H2/b7-6+;/t8-;/m0./s1. The number of alkyl carbamates (subject to hydrolysis) is 1. The molecule has 1 fully saturated rings. The lowest BCUT2D eigenvalue weighted by Gasteiger charge is -2.24. The van der Waals surface area contributed by atoms with Crippen LogP contribution in [0.1, 0.15) is 20.8 Å². The van der Waals surface area contributed by atoms with E-state index in [1.165, 1.54) is 0 Å². The quantitative estimate of drug-likeness (QED) is 0.561. The van der Waals surface area contributed by atoms with Gasteiger partial charge in [0.2, 0.25) is 0 Å². The number of rotatable bonds is 2. The molecular formula is C12H19NO2. The van der Waals surface area contributed by atoms with Crippen molar-refractivity contribution in [3.63, 3.8) is 0 Å². The van der Waals surface area contributed by atoms with E-state index in [0.29, 0.717) is 0 Å². The van der Waals surface area contributed by atoms with Crippen molar-refractivity contribution in [2.24, 2.45) is 0 Å². The second-order valence-electron chi connectivity index (χ2n) is 3.56. The minimum absolute atomic E-state index is 0.0949. The maximum atomic E-state index is 11.0. The predicted molar refractivity (Wildman–Crippen MR) is 62.7 cm³/mol. The van der Waals surface area contributed by atoms with E-state index in [9.17, 15) is 4.79 Å². The van der Waals surface area contributed by atoms with E-state index in [4.69, 9.17) is 4.74 Å². The van der Waals surface area contributed by atoms with E-state index in [1.807, 2.05) is 26.8 Å².